The van der Waals surface area contributed by atoms with Crippen molar-refractivity contribution in [3.8, 4) is 0 Å². The van der Waals surface area contributed by atoms with Crippen LogP contribution in [0.15, 0.2) is 23.1 Å². The highest BCUT2D eigenvalue weighted by molar-refractivity contribution is 7.89. The summed E-state index contributed by atoms with van der Waals surface area (Å²) in [5, 5.41) is 10.7. The summed E-state index contributed by atoms with van der Waals surface area (Å²) in [5.74, 6) is -0.842. The Morgan fingerprint density at radius 2 is 2.05 bits per heavy atom. The first-order chi connectivity index (χ1) is 8.65. The fourth-order valence-corrected chi connectivity index (χ4v) is 2.54. The highest BCUT2D eigenvalue weighted by Crippen LogP contribution is 2.22. The van der Waals surface area contributed by atoms with E-state index in [1.54, 1.807) is 0 Å². The van der Waals surface area contributed by atoms with Crippen molar-refractivity contribution >= 4 is 21.6 Å². The predicted molar refractivity (Wildman–Crippen MR) is 66.8 cm³/mol. The smallest absolute Gasteiger partial charge is 0.273 e. The molecule has 0 aliphatic carbocycles. The standard InChI is InChI=1S/C10H13N3O5S/c1-6-3-4-8(5-9(6)13(15)16)19(17,18)12-7(2)10(11)14/h3-5,7,12H,1-2H3,(H2,11,14). The lowest BCUT2D eigenvalue weighted by molar-refractivity contribution is -0.385. The topological polar surface area (TPSA) is 132 Å². The second-order valence-electron chi connectivity index (χ2n) is 3.95. The second-order valence-corrected chi connectivity index (χ2v) is 5.66. The van der Waals surface area contributed by atoms with E-state index in [-0.39, 0.29) is 10.6 Å². The number of nitrogens with two attached hydrogens (primary N) is 1. The van der Waals surface area contributed by atoms with Crippen LogP contribution in [0.3, 0.4) is 0 Å². The van der Waals surface area contributed by atoms with Crippen molar-refractivity contribution in [2.45, 2.75) is 24.8 Å². The van der Waals surface area contributed by atoms with Crippen molar-refractivity contribution in [3.05, 3.63) is 33.9 Å². The molecule has 1 unspecified atom stereocenters. The van der Waals surface area contributed by atoms with E-state index < -0.39 is 26.9 Å². The molecule has 0 aliphatic rings. The summed E-state index contributed by atoms with van der Waals surface area (Å²) >= 11 is 0. The van der Waals surface area contributed by atoms with E-state index in [0.717, 1.165) is 6.07 Å². The fraction of sp³-hybridized carbons (Fsp3) is 0.300. The van der Waals surface area contributed by atoms with Crippen LogP contribution < -0.4 is 10.5 Å². The molecule has 8 nitrogen and oxygen atoms in total. The summed E-state index contributed by atoms with van der Waals surface area (Å²) in [6.07, 6.45) is 0. The first-order valence-corrected chi connectivity index (χ1v) is 6.70. The SMILES string of the molecule is Cc1ccc(S(=O)(=O)NC(C)C(N)=O)cc1[N+](=O)[O-]. The fourth-order valence-electron chi connectivity index (χ4n) is 1.31. The number of nitrogens with zero attached hydrogens (tertiary/aromatic N) is 1. The number of nitro benzene ring substituents is 1. The van der Waals surface area contributed by atoms with Crippen LogP contribution >= 0.6 is 0 Å². The molecule has 0 saturated carbocycles. The van der Waals surface area contributed by atoms with Crippen LogP contribution in [0.4, 0.5) is 5.69 Å². The Hall–Kier alpha value is -2.00. The van der Waals surface area contributed by atoms with E-state index in [4.69, 9.17) is 5.73 Å². The maximum atomic E-state index is 11.9. The van der Waals surface area contributed by atoms with Gasteiger partial charge in [-0.15, -0.1) is 0 Å². The lowest BCUT2D eigenvalue weighted by Gasteiger charge is -2.11. The average Bonchev–Trinajstić information content (AvgIpc) is 2.27. The number of carbonyl (C=O) groups excluding carboxylic acids is 1. The molecule has 0 fully saturated rings. The van der Waals surface area contributed by atoms with Gasteiger partial charge in [-0.3, -0.25) is 14.9 Å². The minimum atomic E-state index is -4.03. The normalized spacial score (nSPS) is 12.9. The molecule has 0 radical (unpaired) electrons. The quantitative estimate of drug-likeness (QED) is 0.583. The number of hydrogen-bond donors (Lipinski definition) is 2. The molecule has 0 bridgehead atoms. The van der Waals surface area contributed by atoms with Gasteiger partial charge in [-0.2, -0.15) is 4.72 Å². The highest BCUT2D eigenvalue weighted by Gasteiger charge is 2.23. The number of rotatable bonds is 5. The first-order valence-electron chi connectivity index (χ1n) is 5.22. The molecule has 9 heteroatoms. The van der Waals surface area contributed by atoms with E-state index in [1.807, 2.05) is 4.72 Å². The zero-order chi connectivity index (χ0) is 14.8. The summed E-state index contributed by atoms with van der Waals surface area (Å²) in [6.45, 7) is 2.77. The average molecular weight is 287 g/mol. The van der Waals surface area contributed by atoms with Gasteiger partial charge >= 0.3 is 0 Å². The Balaban J connectivity index is 3.19. The highest BCUT2D eigenvalue weighted by atomic mass is 32.2. The Morgan fingerprint density at radius 1 is 1.47 bits per heavy atom. The molecule has 0 aromatic heterocycles. The Kier molecular flexibility index (Phi) is 4.22. The minimum absolute atomic E-state index is 0.294. The Bertz CT molecular complexity index is 626. The molecule has 0 heterocycles. The van der Waals surface area contributed by atoms with E-state index in [1.165, 1.54) is 26.0 Å². The number of nitrogens with one attached hydrogen (secondary N) is 1. The molecule has 0 saturated heterocycles. The van der Waals surface area contributed by atoms with Gasteiger partial charge in [0.1, 0.15) is 0 Å². The predicted octanol–water partition coefficient (Wildman–Crippen LogP) is 0.0553. The van der Waals surface area contributed by atoms with Crippen LogP contribution in [0.5, 0.6) is 0 Å². The third-order valence-corrected chi connectivity index (χ3v) is 3.98. The molecule has 0 spiro atoms. The van der Waals surface area contributed by atoms with Gasteiger partial charge in [0.15, 0.2) is 0 Å². The first kappa shape index (κ1) is 15.1. The number of carbonyl (C=O) groups is 1. The van der Waals surface area contributed by atoms with Crippen molar-refractivity contribution in [3.63, 3.8) is 0 Å². The molecule has 1 atom stereocenters. The van der Waals surface area contributed by atoms with Crippen LogP contribution in [-0.4, -0.2) is 25.3 Å². The molecule has 1 rings (SSSR count). The van der Waals surface area contributed by atoms with Crippen molar-refractivity contribution in [2.24, 2.45) is 5.73 Å². The molecule has 19 heavy (non-hydrogen) atoms. The van der Waals surface area contributed by atoms with Crippen LogP contribution in [0.25, 0.3) is 0 Å². The number of amides is 1. The van der Waals surface area contributed by atoms with E-state index in [0.29, 0.717) is 5.56 Å². The van der Waals surface area contributed by atoms with Gasteiger partial charge in [0.05, 0.1) is 15.9 Å². The molecule has 0 aliphatic heterocycles. The van der Waals surface area contributed by atoms with Gasteiger partial charge in [0, 0.05) is 11.6 Å². The lowest BCUT2D eigenvalue weighted by atomic mass is 10.2. The van der Waals surface area contributed by atoms with E-state index in [9.17, 15) is 23.3 Å². The molecule has 1 amide bonds. The van der Waals surface area contributed by atoms with Gasteiger partial charge in [-0.1, -0.05) is 6.07 Å². The summed E-state index contributed by atoms with van der Waals surface area (Å²) < 4.78 is 25.8. The number of nitro groups is 1. The van der Waals surface area contributed by atoms with Crippen LogP contribution in [0, 0.1) is 17.0 Å². The van der Waals surface area contributed by atoms with Crippen molar-refractivity contribution in [1.29, 1.82) is 0 Å². The van der Waals surface area contributed by atoms with Gasteiger partial charge in [-0.25, -0.2) is 8.42 Å². The second kappa shape index (κ2) is 5.33. The molecular weight excluding hydrogens is 274 g/mol. The van der Waals surface area contributed by atoms with Gasteiger partial charge in [0.25, 0.3) is 5.69 Å². The zero-order valence-corrected chi connectivity index (χ0v) is 11.1. The summed E-state index contributed by atoms with van der Waals surface area (Å²) in [5.41, 5.74) is 4.98. The number of primary amides is 1. The zero-order valence-electron chi connectivity index (χ0n) is 10.3. The number of benzene rings is 1. The number of aryl methyl sites for hydroxylation is 1. The Morgan fingerprint density at radius 3 is 2.53 bits per heavy atom. The third kappa shape index (κ3) is 3.48. The largest absolute Gasteiger partial charge is 0.368 e. The van der Waals surface area contributed by atoms with Crippen molar-refractivity contribution < 1.29 is 18.1 Å². The van der Waals surface area contributed by atoms with Gasteiger partial charge in [-0.05, 0) is 19.9 Å². The molecule has 1 aromatic rings. The van der Waals surface area contributed by atoms with Crippen molar-refractivity contribution in [2.75, 3.05) is 0 Å². The van der Waals surface area contributed by atoms with E-state index in [2.05, 4.69) is 0 Å². The van der Waals surface area contributed by atoms with Crippen molar-refractivity contribution in [1.82, 2.24) is 4.72 Å². The molecular formula is C10H13N3O5S. The summed E-state index contributed by atoms with van der Waals surface area (Å²) in [7, 11) is -4.03. The Labute approximate surface area is 109 Å². The number of hydrogen-bond acceptors (Lipinski definition) is 5. The minimum Gasteiger partial charge on any atom is -0.368 e. The monoisotopic (exact) mass is 287 g/mol. The maximum Gasteiger partial charge on any atom is 0.273 e. The maximum absolute atomic E-state index is 11.9. The molecule has 3 N–H and O–H groups in total. The van der Waals surface area contributed by atoms with Crippen LogP contribution in [0.2, 0.25) is 0 Å². The molecule has 104 valence electrons. The van der Waals surface area contributed by atoms with Crippen LogP contribution in [-0.2, 0) is 14.8 Å². The van der Waals surface area contributed by atoms with Gasteiger partial charge < -0.3 is 5.73 Å². The summed E-state index contributed by atoms with van der Waals surface area (Å²) in [4.78, 5) is 20.6. The molecule has 1 aromatic carbocycles. The number of sulfonamides is 1. The van der Waals surface area contributed by atoms with Gasteiger partial charge in [0.2, 0.25) is 15.9 Å². The van der Waals surface area contributed by atoms with Crippen LogP contribution in [0.1, 0.15) is 12.5 Å². The van der Waals surface area contributed by atoms with E-state index >= 15 is 0 Å². The third-order valence-electron chi connectivity index (χ3n) is 2.45. The lowest BCUT2D eigenvalue weighted by Crippen LogP contribution is -2.42. The summed E-state index contributed by atoms with van der Waals surface area (Å²) in [6, 6.07) is 2.37.